The number of esters is 1. The summed E-state index contributed by atoms with van der Waals surface area (Å²) in [6.45, 7) is 6.36. The first-order chi connectivity index (χ1) is 10.8. The lowest BCUT2D eigenvalue weighted by molar-refractivity contribution is -0.143. The summed E-state index contributed by atoms with van der Waals surface area (Å²) < 4.78 is 32.4. The van der Waals surface area contributed by atoms with Gasteiger partial charge in [0, 0.05) is 12.6 Å². The van der Waals surface area contributed by atoms with Gasteiger partial charge in [0.25, 0.3) is 0 Å². The molecule has 0 unspecified atom stereocenters. The molecule has 0 spiro atoms. The second-order valence-corrected chi connectivity index (χ2v) is 8.80. The van der Waals surface area contributed by atoms with Crippen LogP contribution in [0.2, 0.25) is 0 Å². The minimum Gasteiger partial charge on any atom is -0.469 e. The lowest BCUT2D eigenvalue weighted by Crippen LogP contribution is -2.43. The van der Waals surface area contributed by atoms with Crippen molar-refractivity contribution in [2.45, 2.75) is 31.7 Å². The summed E-state index contributed by atoms with van der Waals surface area (Å²) in [6.07, 6.45) is 0. The van der Waals surface area contributed by atoms with E-state index in [2.05, 4.69) is 0 Å². The molecule has 0 N–H and O–H groups in total. The first-order valence-corrected chi connectivity index (χ1v) is 9.39. The Morgan fingerprint density at radius 1 is 1.26 bits per heavy atom. The van der Waals surface area contributed by atoms with Gasteiger partial charge in [-0.3, -0.25) is 4.79 Å². The number of methoxy groups -OCH3 is 1. The largest absolute Gasteiger partial charge is 0.469 e. The number of aryl methyl sites for hydroxylation is 1. The molecule has 126 valence electrons. The summed E-state index contributed by atoms with van der Waals surface area (Å²) in [5.41, 5.74) is 1.03. The van der Waals surface area contributed by atoms with Gasteiger partial charge < -0.3 is 4.74 Å². The maximum Gasteiger partial charge on any atom is 0.309 e. The molecule has 6 heteroatoms. The van der Waals surface area contributed by atoms with E-state index in [-0.39, 0.29) is 35.7 Å². The number of hydrogen-bond donors (Lipinski definition) is 0. The Morgan fingerprint density at radius 3 is 2.39 bits per heavy atom. The van der Waals surface area contributed by atoms with Crippen LogP contribution in [0.5, 0.6) is 0 Å². The van der Waals surface area contributed by atoms with Crippen molar-refractivity contribution in [2.24, 2.45) is 23.7 Å². The Hall–Kier alpha value is -1.40. The Bertz CT molecular complexity index is 711. The van der Waals surface area contributed by atoms with E-state index in [1.54, 1.807) is 16.4 Å². The van der Waals surface area contributed by atoms with E-state index in [1.165, 1.54) is 7.11 Å². The van der Waals surface area contributed by atoms with Gasteiger partial charge in [0.05, 0.1) is 17.9 Å². The fourth-order valence-corrected chi connectivity index (χ4v) is 5.80. The van der Waals surface area contributed by atoms with E-state index < -0.39 is 10.0 Å². The Balaban J connectivity index is 1.89. The highest BCUT2D eigenvalue weighted by Crippen LogP contribution is 2.58. The highest BCUT2D eigenvalue weighted by molar-refractivity contribution is 7.89. The topological polar surface area (TPSA) is 63.7 Å². The van der Waals surface area contributed by atoms with Gasteiger partial charge in [-0.15, -0.1) is 0 Å². The molecule has 2 aliphatic rings. The minimum absolute atomic E-state index is 0.0858. The van der Waals surface area contributed by atoms with Gasteiger partial charge in [-0.05, 0) is 36.8 Å². The second kappa shape index (κ2) is 5.60. The SMILES string of the molecule is COC(=O)[C@@H]1[C@H]2CN(S(=O)(=O)c3ccc(C)cc3)[C@H](C(C)C)[C@H]21. The van der Waals surface area contributed by atoms with E-state index >= 15 is 0 Å². The van der Waals surface area contributed by atoms with Gasteiger partial charge in [0.2, 0.25) is 10.0 Å². The Morgan fingerprint density at radius 2 is 1.87 bits per heavy atom. The number of rotatable bonds is 4. The molecule has 5 nitrogen and oxygen atoms in total. The fourth-order valence-electron chi connectivity index (χ4n) is 3.97. The Kier molecular flexibility index (Phi) is 4.01. The van der Waals surface area contributed by atoms with E-state index in [0.29, 0.717) is 11.4 Å². The van der Waals surface area contributed by atoms with Crippen molar-refractivity contribution in [1.82, 2.24) is 4.31 Å². The van der Waals surface area contributed by atoms with Crippen LogP contribution in [-0.2, 0) is 19.6 Å². The van der Waals surface area contributed by atoms with Crippen molar-refractivity contribution in [3.8, 4) is 0 Å². The van der Waals surface area contributed by atoms with E-state index in [4.69, 9.17) is 4.74 Å². The Labute approximate surface area is 137 Å². The van der Waals surface area contributed by atoms with E-state index in [0.717, 1.165) is 5.56 Å². The molecule has 1 aliphatic carbocycles. The molecular formula is C17H23NO4S. The summed E-state index contributed by atoms with van der Waals surface area (Å²) in [5.74, 6) is -0.0208. The van der Waals surface area contributed by atoms with Gasteiger partial charge in [-0.25, -0.2) is 8.42 Å². The maximum atomic E-state index is 13.0. The van der Waals surface area contributed by atoms with Crippen LogP contribution in [0.3, 0.4) is 0 Å². The predicted molar refractivity (Wildman–Crippen MR) is 86.2 cm³/mol. The summed E-state index contributed by atoms with van der Waals surface area (Å²) in [7, 11) is -2.14. The van der Waals surface area contributed by atoms with Crippen molar-refractivity contribution < 1.29 is 17.9 Å². The van der Waals surface area contributed by atoms with Crippen LogP contribution >= 0.6 is 0 Å². The first kappa shape index (κ1) is 16.5. The number of benzene rings is 1. The molecule has 1 aliphatic heterocycles. The van der Waals surface area contributed by atoms with Crippen molar-refractivity contribution in [2.75, 3.05) is 13.7 Å². The lowest BCUT2D eigenvalue weighted by atomic mass is 9.99. The molecule has 1 heterocycles. The zero-order valence-corrected chi connectivity index (χ0v) is 14.7. The van der Waals surface area contributed by atoms with Gasteiger partial charge >= 0.3 is 5.97 Å². The van der Waals surface area contributed by atoms with Crippen molar-refractivity contribution in [1.29, 1.82) is 0 Å². The number of fused-ring (bicyclic) bond motifs is 1. The second-order valence-electron chi connectivity index (χ2n) is 6.91. The van der Waals surface area contributed by atoms with E-state index in [1.807, 2.05) is 32.9 Å². The molecule has 1 aromatic carbocycles. The number of carbonyl (C=O) groups is 1. The fraction of sp³-hybridized carbons (Fsp3) is 0.588. The molecule has 4 atom stereocenters. The summed E-state index contributed by atoms with van der Waals surface area (Å²) >= 11 is 0. The van der Waals surface area contributed by atoms with Crippen LogP contribution in [-0.4, -0.2) is 38.4 Å². The van der Waals surface area contributed by atoms with Crippen LogP contribution in [0.4, 0.5) is 0 Å². The van der Waals surface area contributed by atoms with E-state index in [9.17, 15) is 13.2 Å². The van der Waals surface area contributed by atoms with Gasteiger partial charge in [0.15, 0.2) is 0 Å². The summed E-state index contributed by atoms with van der Waals surface area (Å²) in [6, 6.07) is 6.79. The lowest BCUT2D eigenvalue weighted by Gasteiger charge is -2.30. The van der Waals surface area contributed by atoms with Crippen LogP contribution in [0.25, 0.3) is 0 Å². The van der Waals surface area contributed by atoms with Gasteiger partial charge in [-0.2, -0.15) is 4.31 Å². The smallest absolute Gasteiger partial charge is 0.309 e. The molecule has 2 fully saturated rings. The molecule has 0 bridgehead atoms. The zero-order valence-electron chi connectivity index (χ0n) is 13.9. The predicted octanol–water partition coefficient (Wildman–Crippen LogP) is 2.06. The number of hydrogen-bond acceptors (Lipinski definition) is 4. The molecule has 3 rings (SSSR count). The third-order valence-corrected chi connectivity index (χ3v) is 7.01. The van der Waals surface area contributed by atoms with Gasteiger partial charge in [0.1, 0.15) is 0 Å². The quantitative estimate of drug-likeness (QED) is 0.789. The normalized spacial score (nSPS) is 30.3. The highest BCUT2D eigenvalue weighted by Gasteiger charge is 2.67. The average Bonchev–Trinajstić information content (AvgIpc) is 3.05. The summed E-state index contributed by atoms with van der Waals surface area (Å²) in [5, 5.41) is 0. The van der Waals surface area contributed by atoms with Crippen LogP contribution in [0.1, 0.15) is 19.4 Å². The average molecular weight is 337 g/mol. The molecular weight excluding hydrogens is 314 g/mol. The third kappa shape index (κ3) is 2.58. The van der Waals surface area contributed by atoms with Crippen LogP contribution in [0, 0.1) is 30.6 Å². The number of carbonyl (C=O) groups excluding carboxylic acids is 1. The molecule has 0 amide bonds. The minimum atomic E-state index is -3.53. The first-order valence-electron chi connectivity index (χ1n) is 7.95. The van der Waals surface area contributed by atoms with Gasteiger partial charge in [-0.1, -0.05) is 31.5 Å². The maximum absolute atomic E-state index is 13.0. The van der Waals surface area contributed by atoms with Crippen molar-refractivity contribution >= 4 is 16.0 Å². The van der Waals surface area contributed by atoms with Crippen LogP contribution in [0.15, 0.2) is 29.2 Å². The van der Waals surface area contributed by atoms with Crippen molar-refractivity contribution in [3.05, 3.63) is 29.8 Å². The molecule has 23 heavy (non-hydrogen) atoms. The summed E-state index contributed by atoms with van der Waals surface area (Å²) in [4.78, 5) is 12.2. The molecule has 1 aromatic rings. The number of nitrogens with zero attached hydrogens (tertiary/aromatic N) is 1. The van der Waals surface area contributed by atoms with Crippen LogP contribution < -0.4 is 0 Å². The zero-order chi connectivity index (χ0) is 16.9. The molecule has 1 saturated carbocycles. The monoisotopic (exact) mass is 337 g/mol. The molecule has 0 aromatic heterocycles. The molecule has 0 radical (unpaired) electrons. The third-order valence-electron chi connectivity index (χ3n) is 5.13. The van der Waals surface area contributed by atoms with Crippen molar-refractivity contribution in [3.63, 3.8) is 0 Å². The number of piperidine rings is 1. The number of sulfonamides is 1. The molecule has 1 saturated heterocycles. The highest BCUT2D eigenvalue weighted by atomic mass is 32.2. The standard InChI is InChI=1S/C17H23NO4S/c1-10(2)16-14-13(15(14)17(19)22-4)9-18(16)23(20,21)12-7-5-11(3)6-8-12/h5-8,10,13-16H,9H2,1-4H3/t13-,14+,15+,16+/m0/s1. The number of ether oxygens (including phenoxy) is 1.